The molecule has 18 heavy (non-hydrogen) atoms. The highest BCUT2D eigenvalue weighted by atomic mass is 19.1. The third-order valence-electron chi connectivity index (χ3n) is 2.55. The number of carbonyl (C=O) groups excluding carboxylic acids is 1. The van der Waals surface area contributed by atoms with Gasteiger partial charge in [-0.05, 0) is 31.5 Å². The van der Waals surface area contributed by atoms with E-state index in [4.69, 9.17) is 5.73 Å². The van der Waals surface area contributed by atoms with E-state index in [-0.39, 0.29) is 24.1 Å². The maximum atomic E-state index is 13.6. The van der Waals surface area contributed by atoms with Crippen LogP contribution < -0.4 is 11.1 Å². The third kappa shape index (κ3) is 3.86. The first-order valence-corrected chi connectivity index (χ1v) is 5.87. The van der Waals surface area contributed by atoms with Gasteiger partial charge in [0.15, 0.2) is 0 Å². The predicted octanol–water partition coefficient (Wildman–Crippen LogP) is 1.66. The second kappa shape index (κ2) is 6.77. The first-order valence-electron chi connectivity index (χ1n) is 5.87. The maximum Gasteiger partial charge on any atom is 0.251 e. The Morgan fingerprint density at radius 3 is 2.83 bits per heavy atom. The van der Waals surface area contributed by atoms with Crippen molar-refractivity contribution in [3.05, 3.63) is 35.1 Å². The van der Waals surface area contributed by atoms with Crippen molar-refractivity contribution in [3.63, 3.8) is 0 Å². The van der Waals surface area contributed by atoms with Crippen molar-refractivity contribution in [2.75, 3.05) is 6.54 Å². The molecule has 3 N–H and O–H groups in total. The molecule has 0 aliphatic rings. The number of amides is 1. The van der Waals surface area contributed by atoms with Gasteiger partial charge in [0.25, 0.3) is 5.91 Å². The molecule has 4 heteroatoms. The molecule has 0 fully saturated rings. The normalized spacial score (nSPS) is 11.3. The van der Waals surface area contributed by atoms with Gasteiger partial charge < -0.3 is 11.1 Å². The molecule has 0 aliphatic carbocycles. The molecule has 0 bridgehead atoms. The molecule has 0 aromatic heterocycles. The van der Waals surface area contributed by atoms with Crippen LogP contribution in [-0.2, 0) is 0 Å². The van der Waals surface area contributed by atoms with Crippen LogP contribution in [0.3, 0.4) is 0 Å². The highest BCUT2D eigenvalue weighted by Gasteiger charge is 2.10. The van der Waals surface area contributed by atoms with Crippen LogP contribution in [0.2, 0.25) is 0 Å². The molecular weight excluding hydrogens is 231 g/mol. The van der Waals surface area contributed by atoms with Crippen molar-refractivity contribution >= 4 is 5.91 Å². The second-order valence-electron chi connectivity index (χ2n) is 3.98. The standard InChI is InChI=1S/C14H17FN2O/c1-3-10(2)17-14(18)12-7-6-11(5-4-8-16)13(15)9-12/h6-7,9-10H,3,8,16H2,1-2H3,(H,17,18). The Bertz CT molecular complexity index is 488. The smallest absolute Gasteiger partial charge is 0.251 e. The van der Waals surface area contributed by atoms with Gasteiger partial charge in [-0.2, -0.15) is 0 Å². The Hall–Kier alpha value is -1.86. The summed E-state index contributed by atoms with van der Waals surface area (Å²) in [5.74, 6) is 4.40. The van der Waals surface area contributed by atoms with Crippen molar-refractivity contribution in [3.8, 4) is 11.8 Å². The molecule has 3 nitrogen and oxygen atoms in total. The van der Waals surface area contributed by atoms with Crippen molar-refractivity contribution in [1.29, 1.82) is 0 Å². The summed E-state index contributed by atoms with van der Waals surface area (Å²) in [6, 6.07) is 4.31. The van der Waals surface area contributed by atoms with Crippen molar-refractivity contribution in [2.24, 2.45) is 5.73 Å². The van der Waals surface area contributed by atoms with Crippen LogP contribution in [0, 0.1) is 17.7 Å². The summed E-state index contributed by atoms with van der Waals surface area (Å²) in [5.41, 5.74) is 5.76. The molecule has 0 aliphatic heterocycles. The van der Waals surface area contributed by atoms with Gasteiger partial charge in [0, 0.05) is 11.6 Å². The van der Waals surface area contributed by atoms with E-state index in [0.29, 0.717) is 5.56 Å². The molecule has 1 aromatic rings. The number of carbonyl (C=O) groups is 1. The quantitative estimate of drug-likeness (QED) is 0.799. The van der Waals surface area contributed by atoms with Gasteiger partial charge >= 0.3 is 0 Å². The molecule has 0 saturated heterocycles. The lowest BCUT2D eigenvalue weighted by atomic mass is 10.1. The molecule has 1 unspecified atom stereocenters. The molecule has 1 atom stereocenters. The largest absolute Gasteiger partial charge is 0.350 e. The fraction of sp³-hybridized carbons (Fsp3) is 0.357. The summed E-state index contributed by atoms with van der Waals surface area (Å²) in [4.78, 5) is 11.8. The summed E-state index contributed by atoms with van der Waals surface area (Å²) in [6.45, 7) is 4.04. The number of hydrogen-bond acceptors (Lipinski definition) is 2. The summed E-state index contributed by atoms with van der Waals surface area (Å²) in [7, 11) is 0. The zero-order chi connectivity index (χ0) is 13.5. The lowest BCUT2D eigenvalue weighted by molar-refractivity contribution is 0.0939. The summed E-state index contributed by atoms with van der Waals surface area (Å²) >= 11 is 0. The van der Waals surface area contributed by atoms with Crippen molar-refractivity contribution < 1.29 is 9.18 Å². The SMILES string of the molecule is CCC(C)NC(=O)c1ccc(C#CCN)c(F)c1. The van der Waals surface area contributed by atoms with Crippen molar-refractivity contribution in [2.45, 2.75) is 26.3 Å². The second-order valence-corrected chi connectivity index (χ2v) is 3.98. The van der Waals surface area contributed by atoms with Crippen LogP contribution in [0.1, 0.15) is 36.2 Å². The van der Waals surface area contributed by atoms with E-state index in [0.717, 1.165) is 6.42 Å². The van der Waals surface area contributed by atoms with Gasteiger partial charge in [0.1, 0.15) is 5.82 Å². The summed E-state index contributed by atoms with van der Waals surface area (Å²) < 4.78 is 13.6. The Balaban J connectivity index is 2.87. The van der Waals surface area contributed by atoms with E-state index in [2.05, 4.69) is 17.2 Å². The average Bonchev–Trinajstić information content (AvgIpc) is 2.37. The van der Waals surface area contributed by atoms with E-state index < -0.39 is 5.82 Å². The lowest BCUT2D eigenvalue weighted by Gasteiger charge is -2.11. The van der Waals surface area contributed by atoms with Crippen LogP contribution in [0.4, 0.5) is 4.39 Å². The van der Waals surface area contributed by atoms with Crippen LogP contribution in [0.15, 0.2) is 18.2 Å². The molecule has 0 saturated carbocycles. The zero-order valence-corrected chi connectivity index (χ0v) is 10.6. The number of nitrogens with two attached hydrogens (primary N) is 1. The molecule has 96 valence electrons. The van der Waals surface area contributed by atoms with E-state index in [9.17, 15) is 9.18 Å². The number of nitrogens with one attached hydrogen (secondary N) is 1. The molecule has 1 aromatic carbocycles. The minimum absolute atomic E-state index is 0.0669. The zero-order valence-electron chi connectivity index (χ0n) is 10.6. The first-order chi connectivity index (χ1) is 8.58. The van der Waals surface area contributed by atoms with E-state index in [1.54, 1.807) is 6.07 Å². The maximum absolute atomic E-state index is 13.6. The first kappa shape index (κ1) is 14.2. The van der Waals surface area contributed by atoms with Crippen LogP contribution in [0.25, 0.3) is 0 Å². The van der Waals surface area contributed by atoms with Gasteiger partial charge in [-0.3, -0.25) is 4.79 Å². The van der Waals surface area contributed by atoms with Crippen molar-refractivity contribution in [1.82, 2.24) is 5.32 Å². The molecule has 0 spiro atoms. The number of rotatable bonds is 3. The highest BCUT2D eigenvalue weighted by Crippen LogP contribution is 2.10. The minimum Gasteiger partial charge on any atom is -0.350 e. The van der Waals surface area contributed by atoms with Gasteiger partial charge in [0.05, 0.1) is 12.1 Å². The fourth-order valence-electron chi connectivity index (χ4n) is 1.31. The van der Waals surface area contributed by atoms with Crippen LogP contribution in [0.5, 0.6) is 0 Å². The van der Waals surface area contributed by atoms with E-state index >= 15 is 0 Å². The Kier molecular flexibility index (Phi) is 5.34. The summed E-state index contributed by atoms with van der Waals surface area (Å²) in [5, 5.41) is 2.77. The minimum atomic E-state index is -0.507. The van der Waals surface area contributed by atoms with Gasteiger partial charge in [-0.25, -0.2) is 4.39 Å². The number of hydrogen-bond donors (Lipinski definition) is 2. The molecule has 1 amide bonds. The van der Waals surface area contributed by atoms with E-state index in [1.165, 1.54) is 12.1 Å². The monoisotopic (exact) mass is 248 g/mol. The average molecular weight is 248 g/mol. The lowest BCUT2D eigenvalue weighted by Crippen LogP contribution is -2.31. The summed E-state index contributed by atoms with van der Waals surface area (Å²) in [6.07, 6.45) is 0.828. The van der Waals surface area contributed by atoms with Crippen LogP contribution in [-0.4, -0.2) is 18.5 Å². The Morgan fingerprint density at radius 1 is 1.56 bits per heavy atom. The van der Waals surface area contributed by atoms with Gasteiger partial charge in [-0.1, -0.05) is 18.8 Å². The van der Waals surface area contributed by atoms with Gasteiger partial charge in [-0.15, -0.1) is 0 Å². The number of halogens is 1. The Morgan fingerprint density at radius 2 is 2.28 bits per heavy atom. The molecule has 0 radical (unpaired) electrons. The predicted molar refractivity (Wildman–Crippen MR) is 69.6 cm³/mol. The van der Waals surface area contributed by atoms with Gasteiger partial charge in [0.2, 0.25) is 0 Å². The molecular formula is C14H17FN2O. The topological polar surface area (TPSA) is 55.1 Å². The molecule has 1 rings (SSSR count). The fourth-order valence-corrected chi connectivity index (χ4v) is 1.31. The Labute approximate surface area is 107 Å². The molecule has 0 heterocycles. The highest BCUT2D eigenvalue weighted by molar-refractivity contribution is 5.94. The van der Waals surface area contributed by atoms with E-state index in [1.807, 2.05) is 13.8 Å². The van der Waals surface area contributed by atoms with Crippen LogP contribution >= 0.6 is 0 Å². The third-order valence-corrected chi connectivity index (χ3v) is 2.55. The number of benzene rings is 1.